The molecule has 1 saturated heterocycles. The third-order valence-electron chi connectivity index (χ3n) is 3.89. The van der Waals surface area contributed by atoms with Gasteiger partial charge in [0.1, 0.15) is 5.75 Å². The molecular weight excluding hydrogens is 288 g/mol. The fraction of sp³-hybridized carbons (Fsp3) is 0.600. The van der Waals surface area contributed by atoms with Gasteiger partial charge in [-0.15, -0.1) is 0 Å². The Bertz CT molecular complexity index is 590. The monoisotopic (exact) mass is 312 g/mol. The van der Waals surface area contributed by atoms with E-state index >= 15 is 0 Å². The molecule has 1 aromatic rings. The molecule has 21 heavy (non-hydrogen) atoms. The summed E-state index contributed by atoms with van der Waals surface area (Å²) in [5.74, 6) is 0.740. The number of aryl methyl sites for hydroxylation is 2. The number of ether oxygens (including phenoxy) is 1. The first kappa shape index (κ1) is 16.3. The molecule has 1 fully saturated rings. The van der Waals surface area contributed by atoms with Crippen LogP contribution in [0.1, 0.15) is 30.9 Å². The predicted octanol–water partition coefficient (Wildman–Crippen LogP) is 1.73. The van der Waals surface area contributed by atoms with Crippen molar-refractivity contribution in [1.29, 1.82) is 0 Å². The predicted molar refractivity (Wildman–Crippen MR) is 83.3 cm³/mol. The van der Waals surface area contributed by atoms with Gasteiger partial charge in [-0.1, -0.05) is 0 Å². The van der Waals surface area contributed by atoms with E-state index in [2.05, 4.69) is 17.0 Å². The van der Waals surface area contributed by atoms with Crippen LogP contribution in [0.5, 0.6) is 5.75 Å². The van der Waals surface area contributed by atoms with Crippen LogP contribution in [0.3, 0.4) is 0 Å². The molecule has 0 spiro atoms. The molecule has 2 rings (SSSR count). The number of benzene rings is 1. The molecule has 5 nitrogen and oxygen atoms in total. The minimum Gasteiger partial charge on any atom is -0.496 e. The minimum atomic E-state index is -3.49. The number of hydrogen-bond acceptors (Lipinski definition) is 4. The molecule has 0 saturated carbocycles. The first-order valence-electron chi connectivity index (χ1n) is 7.24. The lowest BCUT2D eigenvalue weighted by Gasteiger charge is -2.28. The van der Waals surface area contributed by atoms with Crippen molar-refractivity contribution in [3.63, 3.8) is 0 Å². The summed E-state index contributed by atoms with van der Waals surface area (Å²) < 4.78 is 33.2. The van der Waals surface area contributed by atoms with E-state index in [0.29, 0.717) is 10.9 Å². The first-order valence-corrected chi connectivity index (χ1v) is 8.72. The van der Waals surface area contributed by atoms with Crippen LogP contribution in [-0.2, 0) is 10.0 Å². The fourth-order valence-corrected chi connectivity index (χ4v) is 4.37. The van der Waals surface area contributed by atoms with E-state index in [9.17, 15) is 8.42 Å². The van der Waals surface area contributed by atoms with E-state index in [1.54, 1.807) is 19.2 Å². The van der Waals surface area contributed by atoms with Crippen LogP contribution in [0, 0.1) is 13.8 Å². The summed E-state index contributed by atoms with van der Waals surface area (Å²) in [5, 5.41) is 3.32. The van der Waals surface area contributed by atoms with E-state index in [1.807, 2.05) is 13.8 Å². The van der Waals surface area contributed by atoms with Crippen molar-refractivity contribution in [3.05, 3.63) is 23.3 Å². The SMILES string of the molecule is COc1c(C)cc(S(=O)(=O)NC2CCNC(C)C2)cc1C. The summed E-state index contributed by atoms with van der Waals surface area (Å²) in [4.78, 5) is 0.310. The third kappa shape index (κ3) is 3.75. The zero-order valence-corrected chi connectivity index (χ0v) is 13.9. The lowest BCUT2D eigenvalue weighted by atomic mass is 10.0. The van der Waals surface area contributed by atoms with Gasteiger partial charge in [-0.05, 0) is 63.4 Å². The van der Waals surface area contributed by atoms with Gasteiger partial charge in [0, 0.05) is 12.1 Å². The van der Waals surface area contributed by atoms with Gasteiger partial charge in [-0.2, -0.15) is 0 Å². The summed E-state index contributed by atoms with van der Waals surface area (Å²) in [6.07, 6.45) is 1.63. The Morgan fingerprint density at radius 1 is 1.29 bits per heavy atom. The second-order valence-electron chi connectivity index (χ2n) is 5.79. The van der Waals surface area contributed by atoms with Gasteiger partial charge in [-0.25, -0.2) is 13.1 Å². The van der Waals surface area contributed by atoms with Gasteiger partial charge in [-0.3, -0.25) is 0 Å². The molecule has 6 heteroatoms. The number of methoxy groups -OCH3 is 1. The van der Waals surface area contributed by atoms with Crippen LogP contribution in [0.2, 0.25) is 0 Å². The van der Waals surface area contributed by atoms with Crippen molar-refractivity contribution < 1.29 is 13.2 Å². The maximum Gasteiger partial charge on any atom is 0.240 e. The van der Waals surface area contributed by atoms with Gasteiger partial charge >= 0.3 is 0 Å². The first-order chi connectivity index (χ1) is 9.83. The highest BCUT2D eigenvalue weighted by Crippen LogP contribution is 2.26. The molecule has 0 amide bonds. The van der Waals surface area contributed by atoms with E-state index in [0.717, 1.165) is 36.3 Å². The average Bonchev–Trinajstić information content (AvgIpc) is 2.37. The molecule has 1 heterocycles. The highest BCUT2D eigenvalue weighted by atomic mass is 32.2. The summed E-state index contributed by atoms with van der Waals surface area (Å²) in [6.45, 7) is 6.63. The van der Waals surface area contributed by atoms with Crippen LogP contribution in [0.15, 0.2) is 17.0 Å². The second-order valence-corrected chi connectivity index (χ2v) is 7.50. The molecule has 1 aromatic carbocycles. The smallest absolute Gasteiger partial charge is 0.240 e. The van der Waals surface area contributed by atoms with Gasteiger partial charge in [0.25, 0.3) is 0 Å². The van der Waals surface area contributed by atoms with Crippen molar-refractivity contribution in [2.45, 2.75) is 50.6 Å². The van der Waals surface area contributed by atoms with Crippen LogP contribution in [0.25, 0.3) is 0 Å². The molecule has 1 aliphatic rings. The van der Waals surface area contributed by atoms with E-state index in [1.165, 1.54) is 0 Å². The Morgan fingerprint density at radius 3 is 2.43 bits per heavy atom. The van der Waals surface area contributed by atoms with Crippen molar-refractivity contribution in [2.24, 2.45) is 0 Å². The van der Waals surface area contributed by atoms with Crippen molar-refractivity contribution in [2.75, 3.05) is 13.7 Å². The quantitative estimate of drug-likeness (QED) is 0.888. The van der Waals surface area contributed by atoms with E-state index < -0.39 is 10.0 Å². The molecule has 2 atom stereocenters. The summed E-state index contributed by atoms with van der Waals surface area (Å²) in [7, 11) is -1.89. The molecule has 2 N–H and O–H groups in total. The maximum atomic E-state index is 12.5. The lowest BCUT2D eigenvalue weighted by Crippen LogP contribution is -2.46. The van der Waals surface area contributed by atoms with Crippen LogP contribution < -0.4 is 14.8 Å². The highest BCUT2D eigenvalue weighted by molar-refractivity contribution is 7.89. The Kier molecular flexibility index (Phi) is 4.91. The lowest BCUT2D eigenvalue weighted by molar-refractivity contribution is 0.361. The number of sulfonamides is 1. The molecule has 0 aliphatic carbocycles. The van der Waals surface area contributed by atoms with Gasteiger partial charge in [0.05, 0.1) is 12.0 Å². The zero-order chi connectivity index (χ0) is 15.6. The standard InChI is InChI=1S/C15H24N2O3S/c1-10-7-14(8-11(2)15(10)20-4)21(18,19)17-13-5-6-16-12(3)9-13/h7-8,12-13,16-17H,5-6,9H2,1-4H3. The number of hydrogen-bond donors (Lipinski definition) is 2. The number of piperidine rings is 1. The third-order valence-corrected chi connectivity index (χ3v) is 5.39. The molecule has 0 aromatic heterocycles. The zero-order valence-electron chi connectivity index (χ0n) is 13.1. The normalized spacial score (nSPS) is 23.0. The maximum absolute atomic E-state index is 12.5. The molecule has 118 valence electrons. The van der Waals surface area contributed by atoms with E-state index in [-0.39, 0.29) is 6.04 Å². The second kappa shape index (κ2) is 6.34. The summed E-state index contributed by atoms with van der Waals surface area (Å²) >= 11 is 0. The average molecular weight is 312 g/mol. The molecule has 0 radical (unpaired) electrons. The minimum absolute atomic E-state index is 0.00559. The number of rotatable bonds is 4. The highest BCUT2D eigenvalue weighted by Gasteiger charge is 2.25. The Hall–Kier alpha value is -1.11. The topological polar surface area (TPSA) is 67.4 Å². The molecule has 2 unspecified atom stereocenters. The molecule has 0 bridgehead atoms. The van der Waals surface area contributed by atoms with Crippen molar-refractivity contribution in [1.82, 2.24) is 10.0 Å². The summed E-state index contributed by atoms with van der Waals surface area (Å²) in [6, 6.07) is 3.66. The van der Waals surface area contributed by atoms with Gasteiger partial charge < -0.3 is 10.1 Å². The Morgan fingerprint density at radius 2 is 1.90 bits per heavy atom. The Balaban J connectivity index is 2.23. The fourth-order valence-electron chi connectivity index (χ4n) is 2.91. The van der Waals surface area contributed by atoms with Crippen molar-refractivity contribution >= 4 is 10.0 Å². The van der Waals surface area contributed by atoms with Crippen LogP contribution >= 0.6 is 0 Å². The molecular formula is C15H24N2O3S. The van der Waals surface area contributed by atoms with Crippen molar-refractivity contribution in [3.8, 4) is 5.75 Å². The number of nitrogens with one attached hydrogen (secondary N) is 2. The van der Waals surface area contributed by atoms with Crippen LogP contribution in [0.4, 0.5) is 0 Å². The van der Waals surface area contributed by atoms with E-state index in [4.69, 9.17) is 4.74 Å². The van der Waals surface area contributed by atoms with Crippen LogP contribution in [-0.4, -0.2) is 34.2 Å². The largest absolute Gasteiger partial charge is 0.496 e. The van der Waals surface area contributed by atoms with Gasteiger partial charge in [0.15, 0.2) is 0 Å². The molecule has 1 aliphatic heterocycles. The van der Waals surface area contributed by atoms with Gasteiger partial charge in [0.2, 0.25) is 10.0 Å². The Labute approximate surface area is 127 Å². The summed E-state index contributed by atoms with van der Waals surface area (Å²) in [5.41, 5.74) is 1.66.